The Labute approximate surface area is 193 Å². The number of benzene rings is 3. The monoisotopic (exact) mass is 483 g/mol. The van der Waals surface area contributed by atoms with Crippen LogP contribution in [-0.2, 0) is 12.4 Å². The summed E-state index contributed by atoms with van der Waals surface area (Å²) in [7, 11) is 0. The zero-order valence-corrected chi connectivity index (χ0v) is 18.3. The van der Waals surface area contributed by atoms with Gasteiger partial charge in [0.1, 0.15) is 11.5 Å². The summed E-state index contributed by atoms with van der Waals surface area (Å²) in [5, 5.41) is 0. The second-order valence-electron chi connectivity index (χ2n) is 7.43. The summed E-state index contributed by atoms with van der Waals surface area (Å²) in [4.78, 5) is 0. The van der Waals surface area contributed by atoms with Gasteiger partial charge in [0.2, 0.25) is 0 Å². The van der Waals surface area contributed by atoms with Crippen molar-refractivity contribution in [2.24, 2.45) is 5.73 Å². The molecule has 3 aromatic carbocycles. The van der Waals surface area contributed by atoms with Crippen LogP contribution < -0.4 is 15.2 Å². The summed E-state index contributed by atoms with van der Waals surface area (Å²) in [5.41, 5.74) is 4.81. The molecular formula is C25H23F6NO2. The van der Waals surface area contributed by atoms with Crippen molar-refractivity contribution >= 4 is 0 Å². The second-order valence-corrected chi connectivity index (χ2v) is 7.43. The third kappa shape index (κ3) is 6.02. The van der Waals surface area contributed by atoms with Crippen molar-refractivity contribution in [3.8, 4) is 33.8 Å². The molecule has 0 heterocycles. The van der Waals surface area contributed by atoms with E-state index in [-0.39, 0.29) is 35.8 Å². The average Bonchev–Trinajstić information content (AvgIpc) is 2.79. The van der Waals surface area contributed by atoms with Crippen molar-refractivity contribution < 1.29 is 35.8 Å². The molecule has 3 nitrogen and oxygen atoms in total. The van der Waals surface area contributed by atoms with Crippen LogP contribution in [0.2, 0.25) is 0 Å². The van der Waals surface area contributed by atoms with Crippen molar-refractivity contribution in [2.75, 3.05) is 19.8 Å². The fourth-order valence-corrected chi connectivity index (χ4v) is 3.40. The predicted molar refractivity (Wildman–Crippen MR) is 118 cm³/mol. The van der Waals surface area contributed by atoms with Crippen LogP contribution >= 0.6 is 0 Å². The fraction of sp³-hybridized carbons (Fsp3) is 0.280. The molecule has 0 aliphatic rings. The van der Waals surface area contributed by atoms with Gasteiger partial charge in [-0.2, -0.15) is 26.3 Å². The van der Waals surface area contributed by atoms with E-state index in [2.05, 4.69) is 0 Å². The summed E-state index contributed by atoms with van der Waals surface area (Å²) in [6.07, 6.45) is -8.62. The van der Waals surface area contributed by atoms with Gasteiger partial charge in [-0.05, 0) is 61.3 Å². The van der Waals surface area contributed by atoms with E-state index in [1.54, 1.807) is 6.92 Å². The van der Waals surface area contributed by atoms with Crippen LogP contribution in [0.25, 0.3) is 22.3 Å². The molecule has 0 spiro atoms. The number of alkyl halides is 6. The van der Waals surface area contributed by atoms with Gasteiger partial charge in [-0.25, -0.2) is 0 Å². The van der Waals surface area contributed by atoms with Crippen molar-refractivity contribution in [3.05, 3.63) is 71.8 Å². The highest BCUT2D eigenvalue weighted by Crippen LogP contribution is 2.43. The molecule has 0 atom stereocenters. The van der Waals surface area contributed by atoms with Crippen LogP contribution in [0.5, 0.6) is 11.5 Å². The van der Waals surface area contributed by atoms with Crippen molar-refractivity contribution in [1.82, 2.24) is 0 Å². The van der Waals surface area contributed by atoms with Gasteiger partial charge in [0.05, 0.1) is 24.3 Å². The molecule has 0 saturated heterocycles. The van der Waals surface area contributed by atoms with Crippen LogP contribution in [-0.4, -0.2) is 19.8 Å². The second kappa shape index (κ2) is 10.4. The largest absolute Gasteiger partial charge is 0.493 e. The normalized spacial score (nSPS) is 12.0. The lowest BCUT2D eigenvalue weighted by molar-refractivity contribution is -0.138. The minimum absolute atomic E-state index is 0.203. The molecule has 0 fully saturated rings. The number of hydrogen-bond donors (Lipinski definition) is 1. The van der Waals surface area contributed by atoms with E-state index in [9.17, 15) is 26.3 Å². The predicted octanol–water partition coefficient (Wildman–Crippen LogP) is 7.18. The first kappa shape index (κ1) is 25.4. The molecule has 3 aromatic rings. The van der Waals surface area contributed by atoms with E-state index in [0.29, 0.717) is 24.1 Å². The average molecular weight is 483 g/mol. The van der Waals surface area contributed by atoms with Crippen LogP contribution in [0.3, 0.4) is 0 Å². The van der Waals surface area contributed by atoms with E-state index in [1.165, 1.54) is 36.4 Å². The standard InChI is InChI=1S/C25H23F6NO2/c1-2-33-22-15-23(34-11-5-10-32)21(17-7-4-9-19(13-17)25(29,30)31)14-20(22)16-6-3-8-18(12-16)24(26,27)28/h3-4,6-9,12-15H,2,5,10-11,32H2,1H3. The van der Waals surface area contributed by atoms with Gasteiger partial charge in [0, 0.05) is 17.2 Å². The van der Waals surface area contributed by atoms with Crippen molar-refractivity contribution in [2.45, 2.75) is 25.7 Å². The molecule has 0 saturated carbocycles. The fourth-order valence-electron chi connectivity index (χ4n) is 3.40. The Morgan fingerprint density at radius 3 is 1.65 bits per heavy atom. The summed E-state index contributed by atoms with van der Waals surface area (Å²) >= 11 is 0. The van der Waals surface area contributed by atoms with Gasteiger partial charge >= 0.3 is 12.4 Å². The zero-order valence-electron chi connectivity index (χ0n) is 18.3. The number of halogens is 6. The minimum atomic E-state index is -4.56. The molecule has 34 heavy (non-hydrogen) atoms. The topological polar surface area (TPSA) is 44.5 Å². The van der Waals surface area contributed by atoms with Gasteiger partial charge in [-0.1, -0.05) is 24.3 Å². The highest BCUT2D eigenvalue weighted by molar-refractivity contribution is 5.82. The van der Waals surface area contributed by atoms with Crippen LogP contribution in [0, 0.1) is 0 Å². The number of nitrogens with two attached hydrogens (primary N) is 1. The molecule has 0 bridgehead atoms. The highest BCUT2D eigenvalue weighted by atomic mass is 19.4. The molecule has 3 rings (SSSR count). The quantitative estimate of drug-likeness (QED) is 0.273. The van der Waals surface area contributed by atoms with Crippen molar-refractivity contribution in [3.63, 3.8) is 0 Å². The van der Waals surface area contributed by atoms with Crippen LogP contribution in [0.1, 0.15) is 24.5 Å². The minimum Gasteiger partial charge on any atom is -0.493 e. The summed E-state index contributed by atoms with van der Waals surface area (Å²) < 4.78 is 91.3. The number of ether oxygens (including phenoxy) is 2. The third-order valence-electron chi connectivity index (χ3n) is 4.99. The maximum Gasteiger partial charge on any atom is 0.416 e. The molecule has 9 heteroatoms. The first-order valence-corrected chi connectivity index (χ1v) is 10.5. The highest BCUT2D eigenvalue weighted by Gasteiger charge is 2.32. The van der Waals surface area contributed by atoms with Crippen molar-refractivity contribution in [1.29, 1.82) is 0 Å². The molecule has 2 N–H and O–H groups in total. The van der Waals surface area contributed by atoms with E-state index in [4.69, 9.17) is 15.2 Å². The van der Waals surface area contributed by atoms with Gasteiger partial charge in [0.15, 0.2) is 0 Å². The molecule has 0 aliphatic carbocycles. The van der Waals surface area contributed by atoms with Gasteiger partial charge < -0.3 is 15.2 Å². The number of rotatable bonds is 8. The Bertz CT molecular complexity index is 1130. The van der Waals surface area contributed by atoms with E-state index in [1.807, 2.05) is 0 Å². The Kier molecular flexibility index (Phi) is 7.76. The SMILES string of the molecule is CCOc1cc(OCCCN)c(-c2cccc(C(F)(F)F)c2)cc1-c1cccc(C(F)(F)F)c1. The lowest BCUT2D eigenvalue weighted by atomic mass is 9.95. The molecule has 0 radical (unpaired) electrons. The number of hydrogen-bond acceptors (Lipinski definition) is 3. The lowest BCUT2D eigenvalue weighted by Gasteiger charge is -2.19. The Morgan fingerprint density at radius 1 is 0.706 bits per heavy atom. The zero-order chi connectivity index (χ0) is 24.9. The molecule has 182 valence electrons. The summed E-state index contributed by atoms with van der Waals surface area (Å²) in [5.74, 6) is 0.493. The maximum atomic E-state index is 13.3. The first-order chi connectivity index (χ1) is 16.0. The summed E-state index contributed by atoms with van der Waals surface area (Å²) in [6.45, 7) is 2.49. The molecule has 0 aliphatic heterocycles. The Balaban J connectivity index is 2.23. The van der Waals surface area contributed by atoms with Crippen LogP contribution in [0.4, 0.5) is 26.3 Å². The lowest BCUT2D eigenvalue weighted by Crippen LogP contribution is -2.08. The Hall–Kier alpha value is -3.20. The van der Waals surface area contributed by atoms with Crippen LogP contribution in [0.15, 0.2) is 60.7 Å². The first-order valence-electron chi connectivity index (χ1n) is 10.5. The molecule has 0 amide bonds. The van der Waals surface area contributed by atoms with E-state index in [0.717, 1.165) is 24.3 Å². The van der Waals surface area contributed by atoms with E-state index < -0.39 is 23.5 Å². The third-order valence-corrected chi connectivity index (χ3v) is 4.99. The molecular weight excluding hydrogens is 460 g/mol. The maximum absolute atomic E-state index is 13.3. The molecule has 0 unspecified atom stereocenters. The van der Waals surface area contributed by atoms with Gasteiger partial charge in [-0.15, -0.1) is 0 Å². The van der Waals surface area contributed by atoms with Gasteiger partial charge in [-0.3, -0.25) is 0 Å². The summed E-state index contributed by atoms with van der Waals surface area (Å²) in [6, 6.07) is 12.3. The van der Waals surface area contributed by atoms with Gasteiger partial charge in [0.25, 0.3) is 0 Å². The molecule has 0 aromatic heterocycles. The smallest absolute Gasteiger partial charge is 0.416 e. The Morgan fingerprint density at radius 2 is 1.21 bits per heavy atom. The van der Waals surface area contributed by atoms with E-state index >= 15 is 0 Å².